The molecule has 1 amide bonds. The molecular formula is C14H18F3N3OS. The van der Waals surface area contributed by atoms with Gasteiger partial charge in [0.1, 0.15) is 0 Å². The zero-order valence-corrected chi connectivity index (χ0v) is 12.9. The van der Waals surface area contributed by atoms with Crippen molar-refractivity contribution in [1.82, 2.24) is 10.3 Å². The molecule has 0 saturated carbocycles. The Morgan fingerprint density at radius 2 is 2.05 bits per heavy atom. The number of carbonyl (C=O) groups is 1. The molecule has 1 saturated heterocycles. The van der Waals surface area contributed by atoms with E-state index in [2.05, 4.69) is 5.43 Å². The molecule has 22 heavy (non-hydrogen) atoms. The monoisotopic (exact) mass is 333 g/mol. The third-order valence-corrected chi connectivity index (χ3v) is 4.53. The molecule has 8 heteroatoms. The van der Waals surface area contributed by atoms with Crippen molar-refractivity contribution >= 4 is 17.7 Å². The summed E-state index contributed by atoms with van der Waals surface area (Å²) >= 11 is -0.260. The number of likely N-dealkylation sites (tertiary alicyclic amines) is 1. The highest BCUT2D eigenvalue weighted by Gasteiger charge is 2.34. The zero-order chi connectivity index (χ0) is 16.3. The minimum absolute atomic E-state index is 0.0268. The Hall–Kier alpha value is -1.25. The number of hydrazine groups is 1. The van der Waals surface area contributed by atoms with Gasteiger partial charge in [-0.1, -0.05) is 12.1 Å². The Balaban J connectivity index is 2.25. The summed E-state index contributed by atoms with van der Waals surface area (Å²) in [6.07, 6.45) is 1.59. The predicted molar refractivity (Wildman–Crippen MR) is 79.2 cm³/mol. The molecule has 0 aliphatic carbocycles. The van der Waals surface area contributed by atoms with Crippen LogP contribution in [-0.2, 0) is 0 Å². The van der Waals surface area contributed by atoms with Crippen molar-refractivity contribution in [2.24, 2.45) is 5.84 Å². The second-order valence-electron chi connectivity index (χ2n) is 5.29. The summed E-state index contributed by atoms with van der Waals surface area (Å²) in [6, 6.07) is 5.75. The average Bonchev–Trinajstić information content (AvgIpc) is 2.46. The Bertz CT molecular complexity index is 538. The smallest absolute Gasteiger partial charge is 0.334 e. The molecule has 3 N–H and O–H groups in total. The van der Waals surface area contributed by atoms with Crippen molar-refractivity contribution in [2.75, 3.05) is 6.54 Å². The van der Waals surface area contributed by atoms with Crippen LogP contribution in [-0.4, -0.2) is 34.9 Å². The molecule has 0 spiro atoms. The minimum Gasteiger partial charge on any atom is -0.334 e. The van der Waals surface area contributed by atoms with Gasteiger partial charge >= 0.3 is 5.51 Å². The van der Waals surface area contributed by atoms with Crippen LogP contribution in [0.25, 0.3) is 0 Å². The van der Waals surface area contributed by atoms with Crippen LogP contribution in [0.1, 0.15) is 30.1 Å². The van der Waals surface area contributed by atoms with Crippen LogP contribution in [0.5, 0.6) is 0 Å². The number of alkyl halides is 3. The summed E-state index contributed by atoms with van der Waals surface area (Å²) in [6.45, 7) is 2.28. The molecule has 0 bridgehead atoms. The van der Waals surface area contributed by atoms with E-state index in [1.54, 1.807) is 11.0 Å². The first kappa shape index (κ1) is 17.1. The molecule has 1 aliphatic rings. The summed E-state index contributed by atoms with van der Waals surface area (Å²) in [7, 11) is 0. The maximum absolute atomic E-state index is 12.7. The number of hydrogen-bond acceptors (Lipinski definition) is 4. The Morgan fingerprint density at radius 1 is 1.36 bits per heavy atom. The molecule has 1 aliphatic heterocycles. The van der Waals surface area contributed by atoms with Gasteiger partial charge in [0.2, 0.25) is 0 Å². The predicted octanol–water partition coefficient (Wildman–Crippen LogP) is 2.75. The maximum Gasteiger partial charge on any atom is 0.446 e. The van der Waals surface area contributed by atoms with Gasteiger partial charge in [0, 0.05) is 23.5 Å². The lowest BCUT2D eigenvalue weighted by atomic mass is 9.98. The highest BCUT2D eigenvalue weighted by atomic mass is 32.2. The van der Waals surface area contributed by atoms with Gasteiger partial charge in [0.15, 0.2) is 0 Å². The zero-order valence-electron chi connectivity index (χ0n) is 12.1. The molecule has 1 fully saturated rings. The maximum atomic E-state index is 12.7. The van der Waals surface area contributed by atoms with Crippen LogP contribution in [0.15, 0.2) is 29.2 Å². The third kappa shape index (κ3) is 4.15. The number of nitrogens with one attached hydrogen (secondary N) is 1. The number of benzene rings is 1. The van der Waals surface area contributed by atoms with Crippen LogP contribution in [0.2, 0.25) is 0 Å². The molecule has 0 radical (unpaired) electrons. The summed E-state index contributed by atoms with van der Waals surface area (Å²) in [4.78, 5) is 14.2. The Labute approximate surface area is 131 Å². The summed E-state index contributed by atoms with van der Waals surface area (Å²) in [5, 5.41) is 0. The van der Waals surface area contributed by atoms with E-state index in [4.69, 9.17) is 5.84 Å². The van der Waals surface area contributed by atoms with Gasteiger partial charge in [-0.05, 0) is 43.7 Å². The molecule has 1 aromatic rings. The number of halogens is 3. The van der Waals surface area contributed by atoms with E-state index < -0.39 is 5.51 Å². The van der Waals surface area contributed by atoms with E-state index in [0.29, 0.717) is 6.54 Å². The number of nitrogens with zero attached hydrogens (tertiary/aromatic N) is 1. The van der Waals surface area contributed by atoms with Crippen molar-refractivity contribution in [3.8, 4) is 0 Å². The van der Waals surface area contributed by atoms with Crippen LogP contribution >= 0.6 is 11.8 Å². The molecule has 4 nitrogen and oxygen atoms in total. The number of nitrogens with two attached hydrogens (primary N) is 1. The Kier molecular flexibility index (Phi) is 5.36. The van der Waals surface area contributed by atoms with Crippen LogP contribution in [0.4, 0.5) is 13.2 Å². The van der Waals surface area contributed by atoms with Crippen LogP contribution < -0.4 is 11.3 Å². The molecule has 2 atom stereocenters. The molecular weight excluding hydrogens is 315 g/mol. The standard InChI is InChI=1S/C14H18F3N3OS/c1-9-6-7-10(19-18)8-20(9)13(21)11-4-2-3-5-12(11)22-14(15,16)17/h2-5,9-10,19H,6-8,18H2,1H3/t9-,10-/m1/s1. The van der Waals surface area contributed by atoms with Crippen molar-refractivity contribution in [3.05, 3.63) is 29.8 Å². The van der Waals surface area contributed by atoms with Crippen molar-refractivity contribution < 1.29 is 18.0 Å². The number of hydrogen-bond donors (Lipinski definition) is 2. The van der Waals surface area contributed by atoms with Crippen molar-refractivity contribution in [3.63, 3.8) is 0 Å². The number of amides is 1. The van der Waals surface area contributed by atoms with Gasteiger partial charge in [-0.3, -0.25) is 16.1 Å². The highest BCUT2D eigenvalue weighted by molar-refractivity contribution is 8.00. The van der Waals surface area contributed by atoms with Gasteiger partial charge in [0.25, 0.3) is 5.91 Å². The Morgan fingerprint density at radius 3 is 2.68 bits per heavy atom. The highest BCUT2D eigenvalue weighted by Crippen LogP contribution is 2.39. The van der Waals surface area contributed by atoms with Gasteiger partial charge in [-0.25, -0.2) is 0 Å². The fourth-order valence-electron chi connectivity index (χ4n) is 2.54. The fraction of sp³-hybridized carbons (Fsp3) is 0.500. The second kappa shape index (κ2) is 6.89. The molecule has 1 aromatic carbocycles. The third-order valence-electron chi connectivity index (χ3n) is 3.72. The molecule has 0 unspecified atom stereocenters. The summed E-state index contributed by atoms with van der Waals surface area (Å²) in [5.41, 5.74) is -1.71. The SMILES string of the molecule is C[C@@H]1CC[C@@H](NN)CN1C(=O)c1ccccc1SC(F)(F)F. The largest absolute Gasteiger partial charge is 0.446 e. The lowest BCUT2D eigenvalue weighted by molar-refractivity contribution is -0.0328. The van der Waals surface area contributed by atoms with Gasteiger partial charge < -0.3 is 4.90 Å². The van der Waals surface area contributed by atoms with E-state index >= 15 is 0 Å². The number of thioether (sulfide) groups is 1. The first-order chi connectivity index (χ1) is 10.3. The number of rotatable bonds is 3. The van der Waals surface area contributed by atoms with Crippen molar-refractivity contribution in [1.29, 1.82) is 0 Å². The average molecular weight is 333 g/mol. The van der Waals surface area contributed by atoms with E-state index in [1.807, 2.05) is 6.92 Å². The van der Waals surface area contributed by atoms with E-state index in [1.165, 1.54) is 18.2 Å². The lowest BCUT2D eigenvalue weighted by Crippen LogP contribution is -2.53. The van der Waals surface area contributed by atoms with Crippen molar-refractivity contribution in [2.45, 2.75) is 42.3 Å². The number of piperidine rings is 1. The summed E-state index contributed by atoms with van der Waals surface area (Å²) < 4.78 is 37.9. The lowest BCUT2D eigenvalue weighted by Gasteiger charge is -2.38. The second-order valence-corrected chi connectivity index (χ2v) is 6.40. The van der Waals surface area contributed by atoms with Gasteiger partial charge in [0.05, 0.1) is 5.56 Å². The minimum atomic E-state index is -4.43. The normalized spacial score (nSPS) is 22.7. The molecule has 1 heterocycles. The topological polar surface area (TPSA) is 58.4 Å². The van der Waals surface area contributed by atoms with Gasteiger partial charge in [-0.15, -0.1) is 0 Å². The quantitative estimate of drug-likeness (QED) is 0.507. The molecule has 2 rings (SSSR count). The van der Waals surface area contributed by atoms with Gasteiger partial charge in [-0.2, -0.15) is 13.2 Å². The molecule has 0 aromatic heterocycles. The first-order valence-corrected chi connectivity index (χ1v) is 7.75. The van der Waals surface area contributed by atoms with Crippen LogP contribution in [0, 0.1) is 0 Å². The van der Waals surface area contributed by atoms with E-state index in [9.17, 15) is 18.0 Å². The van der Waals surface area contributed by atoms with E-state index in [-0.39, 0.29) is 40.2 Å². The summed E-state index contributed by atoms with van der Waals surface area (Å²) in [5.74, 6) is 5.03. The first-order valence-electron chi connectivity index (χ1n) is 6.93. The van der Waals surface area contributed by atoms with Crippen LogP contribution in [0.3, 0.4) is 0 Å². The fourth-order valence-corrected chi connectivity index (χ4v) is 3.20. The number of carbonyl (C=O) groups excluding carboxylic acids is 1. The molecule has 122 valence electrons. The van der Waals surface area contributed by atoms with E-state index in [0.717, 1.165) is 12.8 Å².